The topological polar surface area (TPSA) is 45.2 Å². The van der Waals surface area contributed by atoms with Crippen LogP contribution in [0.15, 0.2) is 24.5 Å². The lowest BCUT2D eigenvalue weighted by Gasteiger charge is -2.29. The second kappa shape index (κ2) is 9.78. The molecule has 2 aliphatic rings. The fourth-order valence-electron chi connectivity index (χ4n) is 2.98. The quantitative estimate of drug-likeness (QED) is 0.819. The minimum Gasteiger partial charge on any atom is -0.314 e. The summed E-state index contributed by atoms with van der Waals surface area (Å²) in [6.45, 7) is 4.87. The Morgan fingerprint density at radius 3 is 2.57 bits per heavy atom. The molecule has 2 atom stereocenters. The molecular weight excluding hydrogens is 286 g/mol. The van der Waals surface area contributed by atoms with E-state index in [9.17, 15) is 4.79 Å². The van der Waals surface area contributed by atoms with Crippen LogP contribution in [-0.4, -0.2) is 48.4 Å². The van der Waals surface area contributed by atoms with Gasteiger partial charge in [0, 0.05) is 30.9 Å². The average Bonchev–Trinajstić information content (AvgIpc) is 3.41. The smallest absolute Gasteiger partial charge is 0.124 e. The van der Waals surface area contributed by atoms with E-state index in [4.69, 9.17) is 0 Å². The molecule has 0 aromatic carbocycles. The van der Waals surface area contributed by atoms with Gasteiger partial charge >= 0.3 is 0 Å². The Hall–Kier alpha value is -1.26. The number of nitrogens with one attached hydrogen (secondary N) is 1. The van der Waals surface area contributed by atoms with Crippen LogP contribution in [0.25, 0.3) is 0 Å². The third kappa shape index (κ3) is 7.23. The van der Waals surface area contributed by atoms with Gasteiger partial charge in [0.2, 0.25) is 0 Å². The van der Waals surface area contributed by atoms with Crippen molar-refractivity contribution in [1.82, 2.24) is 15.2 Å². The average molecular weight is 317 g/mol. The van der Waals surface area contributed by atoms with Crippen molar-refractivity contribution in [2.75, 3.05) is 20.1 Å². The molecule has 0 radical (unpaired) electrons. The largest absolute Gasteiger partial charge is 0.314 e. The first kappa shape index (κ1) is 18.1. The van der Waals surface area contributed by atoms with E-state index < -0.39 is 0 Å². The standard InChI is InChI=1S/C12H24N2.C7H7NO/c1-10-3-4-11(13-9-10)7-8-14(2)12-5-6-12;9-6-3-7-1-4-8-5-2-7/h10-13H,3-9H2,1-2H3;1-2,4-6H,3H2/t10-,11-;/m1./s1. The number of carbonyl (C=O) groups excluding carboxylic acids is 1. The minimum absolute atomic E-state index is 0.489. The molecule has 0 spiro atoms. The Morgan fingerprint density at radius 1 is 1.26 bits per heavy atom. The van der Waals surface area contributed by atoms with Crippen molar-refractivity contribution in [3.63, 3.8) is 0 Å². The molecule has 2 heterocycles. The van der Waals surface area contributed by atoms with Gasteiger partial charge in [-0.05, 0) is 75.9 Å². The molecule has 1 saturated carbocycles. The highest BCUT2D eigenvalue weighted by Crippen LogP contribution is 2.26. The highest BCUT2D eigenvalue weighted by Gasteiger charge is 2.26. The van der Waals surface area contributed by atoms with E-state index in [1.807, 2.05) is 12.1 Å². The Kier molecular flexibility index (Phi) is 7.69. The predicted octanol–water partition coefficient (Wildman–Crippen LogP) is 2.68. The van der Waals surface area contributed by atoms with Gasteiger partial charge in [-0.15, -0.1) is 0 Å². The molecule has 1 saturated heterocycles. The summed E-state index contributed by atoms with van der Waals surface area (Å²) in [5, 5.41) is 3.66. The number of carbonyl (C=O) groups is 1. The van der Waals surface area contributed by atoms with E-state index in [-0.39, 0.29) is 0 Å². The Morgan fingerprint density at radius 2 is 2.00 bits per heavy atom. The minimum atomic E-state index is 0.489. The van der Waals surface area contributed by atoms with Gasteiger partial charge in [0.25, 0.3) is 0 Å². The van der Waals surface area contributed by atoms with E-state index in [1.54, 1.807) is 12.4 Å². The summed E-state index contributed by atoms with van der Waals surface area (Å²) in [5.74, 6) is 0.896. The molecule has 0 bridgehead atoms. The van der Waals surface area contributed by atoms with E-state index in [0.29, 0.717) is 6.42 Å². The van der Waals surface area contributed by atoms with Crippen LogP contribution in [0.3, 0.4) is 0 Å². The molecule has 0 amide bonds. The highest BCUT2D eigenvalue weighted by atomic mass is 16.1. The molecule has 4 heteroatoms. The normalized spacial score (nSPS) is 24.0. The fraction of sp³-hybridized carbons (Fsp3) is 0.684. The number of pyridine rings is 1. The molecule has 1 aliphatic heterocycles. The number of nitrogens with zero attached hydrogens (tertiary/aromatic N) is 2. The molecule has 0 unspecified atom stereocenters. The van der Waals surface area contributed by atoms with Crippen molar-refractivity contribution in [1.29, 1.82) is 0 Å². The van der Waals surface area contributed by atoms with E-state index >= 15 is 0 Å². The number of rotatable bonds is 6. The van der Waals surface area contributed by atoms with E-state index in [1.165, 1.54) is 45.2 Å². The highest BCUT2D eigenvalue weighted by molar-refractivity contribution is 5.54. The molecule has 128 valence electrons. The first-order valence-corrected chi connectivity index (χ1v) is 8.95. The van der Waals surface area contributed by atoms with Gasteiger partial charge in [-0.2, -0.15) is 0 Å². The van der Waals surface area contributed by atoms with Crippen molar-refractivity contribution in [3.05, 3.63) is 30.1 Å². The van der Waals surface area contributed by atoms with E-state index in [0.717, 1.165) is 29.9 Å². The van der Waals surface area contributed by atoms with Crippen molar-refractivity contribution >= 4 is 6.29 Å². The maximum atomic E-state index is 9.95. The van der Waals surface area contributed by atoms with Gasteiger partial charge in [0.1, 0.15) is 6.29 Å². The summed E-state index contributed by atoms with van der Waals surface area (Å²) in [7, 11) is 2.28. The summed E-state index contributed by atoms with van der Waals surface area (Å²) in [5.41, 5.74) is 1.01. The lowest BCUT2D eigenvalue weighted by molar-refractivity contribution is -0.107. The van der Waals surface area contributed by atoms with Crippen molar-refractivity contribution in [3.8, 4) is 0 Å². The van der Waals surface area contributed by atoms with Gasteiger partial charge in [-0.3, -0.25) is 4.98 Å². The van der Waals surface area contributed by atoms with Crippen LogP contribution in [0.1, 0.15) is 44.6 Å². The van der Waals surface area contributed by atoms with Crippen molar-refractivity contribution in [2.24, 2.45) is 5.92 Å². The summed E-state index contributed by atoms with van der Waals surface area (Å²) >= 11 is 0. The predicted molar refractivity (Wildman–Crippen MR) is 94.5 cm³/mol. The maximum Gasteiger partial charge on any atom is 0.124 e. The fourth-order valence-corrected chi connectivity index (χ4v) is 2.98. The number of hydrogen-bond donors (Lipinski definition) is 1. The van der Waals surface area contributed by atoms with Gasteiger partial charge in [0.05, 0.1) is 0 Å². The summed E-state index contributed by atoms with van der Waals surface area (Å²) in [4.78, 5) is 16.3. The van der Waals surface area contributed by atoms with Crippen LogP contribution in [-0.2, 0) is 11.2 Å². The molecule has 1 aromatic heterocycles. The van der Waals surface area contributed by atoms with Crippen molar-refractivity contribution < 1.29 is 4.79 Å². The lowest BCUT2D eigenvalue weighted by atomic mass is 9.95. The molecule has 1 N–H and O–H groups in total. The number of hydrogen-bond acceptors (Lipinski definition) is 4. The van der Waals surface area contributed by atoms with E-state index in [2.05, 4.69) is 29.2 Å². The van der Waals surface area contributed by atoms with Gasteiger partial charge < -0.3 is 15.0 Å². The van der Waals surface area contributed by atoms with Crippen LogP contribution in [0.2, 0.25) is 0 Å². The second-order valence-corrected chi connectivity index (χ2v) is 7.01. The van der Waals surface area contributed by atoms with Crippen LogP contribution < -0.4 is 5.32 Å². The summed E-state index contributed by atoms with van der Waals surface area (Å²) in [6.07, 6.45) is 11.8. The molecular formula is C19H31N3O. The SMILES string of the molecule is C[C@@H]1CC[C@H](CCN(C)C2CC2)NC1.O=CCc1ccncc1. The third-order valence-electron chi connectivity index (χ3n) is 4.83. The maximum absolute atomic E-state index is 9.95. The zero-order valence-corrected chi connectivity index (χ0v) is 14.6. The molecule has 1 aromatic rings. The van der Waals surface area contributed by atoms with Crippen molar-refractivity contribution in [2.45, 2.75) is 57.5 Å². The zero-order chi connectivity index (χ0) is 16.5. The first-order valence-electron chi connectivity index (χ1n) is 8.95. The first-order chi connectivity index (χ1) is 11.2. The van der Waals surface area contributed by atoms with Crippen LogP contribution in [0, 0.1) is 5.92 Å². The van der Waals surface area contributed by atoms with Gasteiger partial charge in [0.15, 0.2) is 0 Å². The third-order valence-corrected chi connectivity index (χ3v) is 4.83. The number of piperidine rings is 1. The second-order valence-electron chi connectivity index (χ2n) is 7.01. The molecule has 3 rings (SSSR count). The Labute approximate surface area is 140 Å². The zero-order valence-electron chi connectivity index (χ0n) is 14.6. The van der Waals surface area contributed by atoms with Gasteiger partial charge in [-0.25, -0.2) is 0 Å². The Bertz CT molecular complexity index is 439. The monoisotopic (exact) mass is 317 g/mol. The molecule has 4 nitrogen and oxygen atoms in total. The number of aldehydes is 1. The Balaban J connectivity index is 0.000000185. The number of aromatic nitrogens is 1. The van der Waals surface area contributed by atoms with Crippen LogP contribution in [0.5, 0.6) is 0 Å². The van der Waals surface area contributed by atoms with Crippen LogP contribution >= 0.6 is 0 Å². The van der Waals surface area contributed by atoms with Crippen LogP contribution in [0.4, 0.5) is 0 Å². The summed E-state index contributed by atoms with van der Waals surface area (Å²) < 4.78 is 0. The molecule has 23 heavy (non-hydrogen) atoms. The lowest BCUT2D eigenvalue weighted by Crippen LogP contribution is -2.40. The summed E-state index contributed by atoms with van der Waals surface area (Å²) in [6, 6.07) is 5.38. The molecule has 1 aliphatic carbocycles. The van der Waals surface area contributed by atoms with Gasteiger partial charge in [-0.1, -0.05) is 6.92 Å². The molecule has 2 fully saturated rings.